The molecule has 126 valence electrons. The summed E-state index contributed by atoms with van der Waals surface area (Å²) in [5.74, 6) is 1.32. The first kappa shape index (κ1) is 16.0. The molecule has 3 rings (SSSR count). The fourth-order valence-electron chi connectivity index (χ4n) is 2.60. The van der Waals surface area contributed by atoms with Crippen molar-refractivity contribution in [3.05, 3.63) is 42.1 Å². The summed E-state index contributed by atoms with van der Waals surface area (Å²) in [6.07, 6.45) is 2.25. The number of carbonyl (C=O) groups is 1. The number of ether oxygens (including phenoxy) is 1. The lowest BCUT2D eigenvalue weighted by Gasteiger charge is -2.34. The molecule has 0 saturated carbocycles. The molecule has 24 heavy (non-hydrogen) atoms. The number of nitrogens with zero attached hydrogens (tertiary/aromatic N) is 4. The molecule has 1 aromatic carbocycles. The first-order chi connectivity index (χ1) is 11.7. The molecule has 7 heteroatoms. The molecular weight excluding hydrogens is 306 g/mol. The molecule has 0 bridgehead atoms. The summed E-state index contributed by atoms with van der Waals surface area (Å²) >= 11 is 0. The van der Waals surface area contributed by atoms with Crippen molar-refractivity contribution in [2.45, 2.75) is 13.3 Å². The highest BCUT2D eigenvalue weighted by Gasteiger charge is 2.23. The molecule has 0 spiro atoms. The zero-order valence-corrected chi connectivity index (χ0v) is 13.9. The maximum Gasteiger partial charge on any atom is 0.410 e. The van der Waals surface area contributed by atoms with Crippen LogP contribution in [-0.2, 0) is 4.74 Å². The molecule has 1 fully saturated rings. The van der Waals surface area contributed by atoms with Gasteiger partial charge in [0.25, 0.3) is 0 Å². The van der Waals surface area contributed by atoms with Gasteiger partial charge in [0, 0.05) is 25.0 Å². The molecule has 1 aromatic heterocycles. The number of anilines is 3. The van der Waals surface area contributed by atoms with Crippen LogP contribution in [0.15, 0.2) is 36.5 Å². The Balaban J connectivity index is 1.72. The molecule has 0 radical (unpaired) electrons. The number of amides is 1. The molecule has 1 N–H and O–H groups in total. The number of hydrogen-bond donors (Lipinski definition) is 1. The normalized spacial score (nSPS) is 14.4. The number of aryl methyl sites for hydroxylation is 1. The first-order valence-electron chi connectivity index (χ1n) is 7.90. The third-order valence-corrected chi connectivity index (χ3v) is 3.88. The van der Waals surface area contributed by atoms with E-state index in [1.807, 2.05) is 35.2 Å². The van der Waals surface area contributed by atoms with E-state index in [2.05, 4.69) is 22.2 Å². The Morgan fingerprint density at radius 3 is 2.75 bits per heavy atom. The average Bonchev–Trinajstić information content (AvgIpc) is 2.63. The summed E-state index contributed by atoms with van der Waals surface area (Å²) in [7, 11) is 1.39. The fourth-order valence-corrected chi connectivity index (χ4v) is 2.60. The third kappa shape index (κ3) is 3.73. The van der Waals surface area contributed by atoms with Gasteiger partial charge in [-0.15, -0.1) is 0 Å². The lowest BCUT2D eigenvalue weighted by atomic mass is 10.2. The predicted octanol–water partition coefficient (Wildman–Crippen LogP) is 2.76. The fraction of sp³-hybridized carbons (Fsp3) is 0.353. The molecule has 1 amide bonds. The Kier molecular flexibility index (Phi) is 4.79. The topological polar surface area (TPSA) is 70.6 Å². The summed E-state index contributed by atoms with van der Waals surface area (Å²) < 4.78 is 4.79. The number of carbonyl (C=O) groups excluding carboxylic acids is 1. The van der Waals surface area contributed by atoms with Crippen LogP contribution < -0.4 is 10.2 Å². The first-order valence-corrected chi connectivity index (χ1v) is 7.90. The number of benzene rings is 1. The highest BCUT2D eigenvalue weighted by molar-refractivity contribution is 5.68. The maximum absolute atomic E-state index is 11.7. The molecule has 2 heterocycles. The number of methoxy groups -OCH3 is 1. The van der Waals surface area contributed by atoms with Gasteiger partial charge in [0.1, 0.15) is 5.82 Å². The van der Waals surface area contributed by atoms with Crippen molar-refractivity contribution >= 4 is 23.5 Å². The van der Waals surface area contributed by atoms with Gasteiger partial charge in [0.05, 0.1) is 13.8 Å². The van der Waals surface area contributed by atoms with Crippen LogP contribution in [0.3, 0.4) is 0 Å². The zero-order chi connectivity index (χ0) is 16.9. The van der Waals surface area contributed by atoms with Crippen molar-refractivity contribution < 1.29 is 9.53 Å². The Bertz CT molecular complexity index is 704. The lowest BCUT2D eigenvalue weighted by molar-refractivity contribution is 0.117. The van der Waals surface area contributed by atoms with Gasteiger partial charge in [-0.25, -0.2) is 9.78 Å². The molecule has 0 unspecified atom stereocenters. The average molecular weight is 327 g/mol. The Labute approximate surface area is 141 Å². The van der Waals surface area contributed by atoms with Crippen LogP contribution in [0.1, 0.15) is 12.0 Å². The molecule has 0 atom stereocenters. The number of aromatic nitrogens is 2. The van der Waals surface area contributed by atoms with Crippen LogP contribution in [-0.4, -0.2) is 47.8 Å². The van der Waals surface area contributed by atoms with Crippen molar-refractivity contribution in [3.63, 3.8) is 0 Å². The van der Waals surface area contributed by atoms with Gasteiger partial charge in [-0.05, 0) is 31.5 Å². The Morgan fingerprint density at radius 1 is 1.21 bits per heavy atom. The van der Waals surface area contributed by atoms with Gasteiger partial charge in [-0.2, -0.15) is 4.98 Å². The standard InChI is InChI=1S/C17H21N5O2/c1-13-4-6-14(7-5-13)19-15-8-9-18-16(20-15)21-10-3-11-22(12-21)17(23)24-2/h4-9H,3,10-12H2,1-2H3,(H,18,19,20). The zero-order valence-electron chi connectivity index (χ0n) is 13.9. The van der Waals surface area contributed by atoms with Crippen molar-refractivity contribution in [1.29, 1.82) is 0 Å². The molecule has 1 aliphatic heterocycles. The van der Waals surface area contributed by atoms with E-state index in [4.69, 9.17) is 4.74 Å². The van der Waals surface area contributed by atoms with Crippen LogP contribution in [0.4, 0.5) is 22.2 Å². The van der Waals surface area contributed by atoms with E-state index in [-0.39, 0.29) is 6.09 Å². The van der Waals surface area contributed by atoms with E-state index < -0.39 is 0 Å². The molecule has 1 saturated heterocycles. The van der Waals surface area contributed by atoms with Gasteiger partial charge < -0.3 is 15.0 Å². The molecule has 7 nitrogen and oxygen atoms in total. The van der Waals surface area contributed by atoms with Crippen LogP contribution in [0.5, 0.6) is 0 Å². The quantitative estimate of drug-likeness (QED) is 0.935. The molecule has 1 aliphatic rings. The highest BCUT2D eigenvalue weighted by atomic mass is 16.5. The second-order valence-corrected chi connectivity index (χ2v) is 5.72. The number of rotatable bonds is 3. The monoisotopic (exact) mass is 327 g/mol. The summed E-state index contributed by atoms with van der Waals surface area (Å²) in [4.78, 5) is 24.2. The van der Waals surface area contributed by atoms with Crippen LogP contribution in [0.25, 0.3) is 0 Å². The van der Waals surface area contributed by atoms with Gasteiger partial charge in [0.15, 0.2) is 0 Å². The smallest absolute Gasteiger partial charge is 0.410 e. The SMILES string of the molecule is COC(=O)N1CCCN(c2nccc(Nc3ccc(C)cc3)n2)C1. The van der Waals surface area contributed by atoms with Gasteiger partial charge in [0.2, 0.25) is 5.95 Å². The third-order valence-electron chi connectivity index (χ3n) is 3.88. The van der Waals surface area contributed by atoms with Gasteiger partial charge in [-0.1, -0.05) is 17.7 Å². The van der Waals surface area contributed by atoms with Crippen LogP contribution in [0, 0.1) is 6.92 Å². The van der Waals surface area contributed by atoms with Gasteiger partial charge in [-0.3, -0.25) is 4.90 Å². The van der Waals surface area contributed by atoms with Gasteiger partial charge >= 0.3 is 6.09 Å². The summed E-state index contributed by atoms with van der Waals surface area (Å²) in [5.41, 5.74) is 2.18. The van der Waals surface area contributed by atoms with E-state index in [1.165, 1.54) is 12.7 Å². The van der Waals surface area contributed by atoms with E-state index in [9.17, 15) is 4.79 Å². The van der Waals surface area contributed by atoms with Crippen LogP contribution in [0.2, 0.25) is 0 Å². The predicted molar refractivity (Wildman–Crippen MR) is 92.4 cm³/mol. The molecular formula is C17H21N5O2. The van der Waals surface area contributed by atoms with E-state index >= 15 is 0 Å². The van der Waals surface area contributed by atoms with Crippen LogP contribution >= 0.6 is 0 Å². The minimum atomic E-state index is -0.325. The minimum absolute atomic E-state index is 0.325. The van der Waals surface area contributed by atoms with E-state index in [1.54, 1.807) is 11.1 Å². The van der Waals surface area contributed by atoms with E-state index in [0.29, 0.717) is 19.2 Å². The number of nitrogens with one attached hydrogen (secondary N) is 1. The summed E-state index contributed by atoms with van der Waals surface area (Å²) in [6, 6.07) is 9.94. The van der Waals surface area contributed by atoms with Crippen molar-refractivity contribution in [1.82, 2.24) is 14.9 Å². The Hall–Kier alpha value is -2.83. The van der Waals surface area contributed by atoms with Crippen molar-refractivity contribution in [2.24, 2.45) is 0 Å². The largest absolute Gasteiger partial charge is 0.453 e. The van der Waals surface area contributed by atoms with Crippen molar-refractivity contribution in [2.75, 3.05) is 37.1 Å². The highest BCUT2D eigenvalue weighted by Crippen LogP contribution is 2.19. The maximum atomic E-state index is 11.7. The van der Waals surface area contributed by atoms with E-state index in [0.717, 1.165) is 24.5 Å². The molecule has 2 aromatic rings. The second kappa shape index (κ2) is 7.16. The number of hydrogen-bond acceptors (Lipinski definition) is 6. The summed E-state index contributed by atoms with van der Waals surface area (Å²) in [5, 5.41) is 3.27. The minimum Gasteiger partial charge on any atom is -0.453 e. The molecule has 0 aliphatic carbocycles. The Morgan fingerprint density at radius 2 is 2.00 bits per heavy atom. The lowest BCUT2D eigenvalue weighted by Crippen LogP contribution is -2.48. The summed E-state index contributed by atoms with van der Waals surface area (Å²) in [6.45, 7) is 3.97. The van der Waals surface area contributed by atoms with Crippen molar-refractivity contribution in [3.8, 4) is 0 Å². The second-order valence-electron chi connectivity index (χ2n) is 5.72.